The van der Waals surface area contributed by atoms with Crippen LogP contribution in [-0.4, -0.2) is 36.0 Å². The number of benzene rings is 1. The second-order valence-electron chi connectivity index (χ2n) is 5.76. The molecule has 1 aromatic heterocycles. The molecule has 6 nitrogen and oxygen atoms in total. The number of anilines is 1. The van der Waals surface area contributed by atoms with Crippen molar-refractivity contribution in [3.05, 3.63) is 41.6 Å². The lowest BCUT2D eigenvalue weighted by Crippen LogP contribution is -2.12. The quantitative estimate of drug-likeness (QED) is 0.670. The minimum atomic E-state index is -0.174. The summed E-state index contributed by atoms with van der Waals surface area (Å²) in [5.74, 6) is 1.64. The molecule has 0 atom stereocenters. The van der Waals surface area contributed by atoms with Crippen LogP contribution in [0.5, 0.6) is 5.75 Å². The van der Waals surface area contributed by atoms with Crippen LogP contribution >= 0.6 is 0 Å². The van der Waals surface area contributed by atoms with Gasteiger partial charge in [0.15, 0.2) is 0 Å². The number of nitrogens with zero attached hydrogens (tertiary/aromatic N) is 2. The van der Waals surface area contributed by atoms with E-state index in [1.807, 2.05) is 42.1 Å². The van der Waals surface area contributed by atoms with Crippen molar-refractivity contribution in [3.63, 3.8) is 0 Å². The van der Waals surface area contributed by atoms with Gasteiger partial charge in [-0.05, 0) is 37.5 Å². The van der Waals surface area contributed by atoms with Crippen molar-refractivity contribution < 1.29 is 14.3 Å². The molecule has 25 heavy (non-hydrogen) atoms. The number of carbonyl (C=O) groups excluding carboxylic acids is 1. The summed E-state index contributed by atoms with van der Waals surface area (Å²) in [6.45, 7) is 5.88. The van der Waals surface area contributed by atoms with Crippen LogP contribution < -0.4 is 10.1 Å². The molecule has 0 unspecified atom stereocenters. The van der Waals surface area contributed by atoms with E-state index in [9.17, 15) is 4.79 Å². The fourth-order valence-corrected chi connectivity index (χ4v) is 2.55. The summed E-state index contributed by atoms with van der Waals surface area (Å²) in [5.41, 5.74) is 2.18. The number of aryl methyl sites for hydroxylation is 1. The maximum atomic E-state index is 11.6. The van der Waals surface area contributed by atoms with Gasteiger partial charge in [0.05, 0.1) is 26.5 Å². The minimum Gasteiger partial charge on any atom is -0.497 e. The molecule has 6 heteroatoms. The highest BCUT2D eigenvalue weighted by Gasteiger charge is 2.13. The highest BCUT2D eigenvalue weighted by Crippen LogP contribution is 2.20. The summed E-state index contributed by atoms with van der Waals surface area (Å²) in [7, 11) is 1.66. The summed E-state index contributed by atoms with van der Waals surface area (Å²) >= 11 is 0. The molecule has 2 aromatic rings. The SMILES string of the molecule is CCCNc1c(CCC(=O)OCC)cnn1Cc1ccc(OC)cc1. The summed E-state index contributed by atoms with van der Waals surface area (Å²) in [6, 6.07) is 7.95. The van der Waals surface area contributed by atoms with Crippen LogP contribution in [0.3, 0.4) is 0 Å². The summed E-state index contributed by atoms with van der Waals surface area (Å²) < 4.78 is 12.1. The van der Waals surface area contributed by atoms with Crippen molar-refractivity contribution in [2.45, 2.75) is 39.7 Å². The molecule has 0 aliphatic rings. The predicted octanol–water partition coefficient (Wildman–Crippen LogP) is 3.26. The molecule has 2 rings (SSSR count). The Bertz CT molecular complexity index is 665. The average molecular weight is 345 g/mol. The molecular formula is C19H27N3O3. The van der Waals surface area contributed by atoms with Crippen molar-refractivity contribution in [3.8, 4) is 5.75 Å². The number of carbonyl (C=O) groups is 1. The zero-order valence-electron chi connectivity index (χ0n) is 15.2. The van der Waals surface area contributed by atoms with Gasteiger partial charge in [0, 0.05) is 18.5 Å². The van der Waals surface area contributed by atoms with Crippen LogP contribution in [0.25, 0.3) is 0 Å². The highest BCUT2D eigenvalue weighted by molar-refractivity contribution is 5.70. The Morgan fingerprint density at radius 3 is 2.64 bits per heavy atom. The van der Waals surface area contributed by atoms with E-state index in [1.54, 1.807) is 7.11 Å². The monoisotopic (exact) mass is 345 g/mol. The van der Waals surface area contributed by atoms with Crippen molar-refractivity contribution >= 4 is 11.8 Å². The van der Waals surface area contributed by atoms with E-state index in [0.29, 0.717) is 26.0 Å². The van der Waals surface area contributed by atoms with Gasteiger partial charge < -0.3 is 14.8 Å². The molecule has 1 N–H and O–H groups in total. The first-order valence-electron chi connectivity index (χ1n) is 8.75. The van der Waals surface area contributed by atoms with E-state index in [4.69, 9.17) is 9.47 Å². The van der Waals surface area contributed by atoms with E-state index in [0.717, 1.165) is 35.7 Å². The Morgan fingerprint density at radius 2 is 2.00 bits per heavy atom. The van der Waals surface area contributed by atoms with Gasteiger partial charge in [-0.25, -0.2) is 4.68 Å². The number of hydrogen-bond donors (Lipinski definition) is 1. The van der Waals surface area contributed by atoms with Crippen LogP contribution in [0, 0.1) is 0 Å². The Kier molecular flexibility index (Phi) is 7.32. The first kappa shape index (κ1) is 18.8. The number of hydrogen-bond acceptors (Lipinski definition) is 5. The second-order valence-corrected chi connectivity index (χ2v) is 5.76. The molecule has 1 aromatic carbocycles. The number of nitrogens with one attached hydrogen (secondary N) is 1. The Hall–Kier alpha value is -2.50. The molecule has 0 aliphatic carbocycles. The summed E-state index contributed by atoms with van der Waals surface area (Å²) in [4.78, 5) is 11.6. The first-order chi connectivity index (χ1) is 12.2. The smallest absolute Gasteiger partial charge is 0.306 e. The molecule has 0 saturated heterocycles. The zero-order chi connectivity index (χ0) is 18.1. The topological polar surface area (TPSA) is 65.4 Å². The normalized spacial score (nSPS) is 10.5. The van der Waals surface area contributed by atoms with Crippen molar-refractivity contribution in [2.75, 3.05) is 25.6 Å². The molecule has 0 aliphatic heterocycles. The van der Waals surface area contributed by atoms with E-state index >= 15 is 0 Å². The Morgan fingerprint density at radius 1 is 1.24 bits per heavy atom. The van der Waals surface area contributed by atoms with Gasteiger partial charge >= 0.3 is 5.97 Å². The van der Waals surface area contributed by atoms with E-state index in [2.05, 4.69) is 17.3 Å². The molecule has 0 fully saturated rings. The molecular weight excluding hydrogens is 318 g/mol. The van der Waals surface area contributed by atoms with Gasteiger partial charge in [-0.15, -0.1) is 0 Å². The Labute approximate surface area is 149 Å². The average Bonchev–Trinajstić information content (AvgIpc) is 3.00. The van der Waals surface area contributed by atoms with Crippen LogP contribution in [0.15, 0.2) is 30.5 Å². The first-order valence-corrected chi connectivity index (χ1v) is 8.75. The van der Waals surface area contributed by atoms with Crippen molar-refractivity contribution in [1.82, 2.24) is 9.78 Å². The van der Waals surface area contributed by atoms with Gasteiger partial charge in [0.1, 0.15) is 11.6 Å². The van der Waals surface area contributed by atoms with Gasteiger partial charge in [-0.1, -0.05) is 19.1 Å². The fraction of sp³-hybridized carbons (Fsp3) is 0.474. The number of rotatable bonds is 10. The predicted molar refractivity (Wildman–Crippen MR) is 98.1 cm³/mol. The van der Waals surface area contributed by atoms with Gasteiger partial charge in [0.25, 0.3) is 0 Å². The van der Waals surface area contributed by atoms with E-state index in [-0.39, 0.29) is 5.97 Å². The molecule has 0 spiro atoms. The summed E-state index contributed by atoms with van der Waals surface area (Å²) in [5, 5.41) is 7.94. The third-order valence-corrected chi connectivity index (χ3v) is 3.85. The molecule has 1 heterocycles. The van der Waals surface area contributed by atoms with Crippen molar-refractivity contribution in [2.24, 2.45) is 0 Å². The maximum absolute atomic E-state index is 11.6. The van der Waals surface area contributed by atoms with Crippen molar-refractivity contribution in [1.29, 1.82) is 0 Å². The van der Waals surface area contributed by atoms with E-state index < -0.39 is 0 Å². The van der Waals surface area contributed by atoms with Gasteiger partial charge in [-0.3, -0.25) is 4.79 Å². The van der Waals surface area contributed by atoms with Crippen LogP contribution in [0.2, 0.25) is 0 Å². The Balaban J connectivity index is 2.11. The lowest BCUT2D eigenvalue weighted by Gasteiger charge is -2.12. The number of methoxy groups -OCH3 is 1. The van der Waals surface area contributed by atoms with Crippen LogP contribution in [0.1, 0.15) is 37.8 Å². The minimum absolute atomic E-state index is 0.174. The van der Waals surface area contributed by atoms with Gasteiger partial charge in [0.2, 0.25) is 0 Å². The zero-order valence-corrected chi connectivity index (χ0v) is 15.2. The molecule has 136 valence electrons. The largest absolute Gasteiger partial charge is 0.497 e. The van der Waals surface area contributed by atoms with Crippen LogP contribution in [-0.2, 0) is 22.5 Å². The van der Waals surface area contributed by atoms with Crippen LogP contribution in [0.4, 0.5) is 5.82 Å². The number of aromatic nitrogens is 2. The third kappa shape index (κ3) is 5.52. The molecule has 0 saturated carbocycles. The lowest BCUT2D eigenvalue weighted by molar-refractivity contribution is -0.143. The highest BCUT2D eigenvalue weighted by atomic mass is 16.5. The molecule has 0 radical (unpaired) electrons. The maximum Gasteiger partial charge on any atom is 0.306 e. The standard InChI is InChI=1S/C19H27N3O3/c1-4-12-20-19-16(8-11-18(23)25-5-2)13-21-22(19)14-15-6-9-17(24-3)10-7-15/h6-7,9-10,13,20H,4-5,8,11-12,14H2,1-3H3. The van der Waals surface area contributed by atoms with Gasteiger partial charge in [-0.2, -0.15) is 5.10 Å². The third-order valence-electron chi connectivity index (χ3n) is 3.85. The van der Waals surface area contributed by atoms with E-state index in [1.165, 1.54) is 0 Å². The molecule has 0 bridgehead atoms. The summed E-state index contributed by atoms with van der Waals surface area (Å²) in [6.07, 6.45) is 3.84. The molecule has 0 amide bonds. The fourth-order valence-electron chi connectivity index (χ4n) is 2.55. The lowest BCUT2D eigenvalue weighted by atomic mass is 10.1. The number of ether oxygens (including phenoxy) is 2. The number of esters is 1. The second kappa shape index (κ2) is 9.71.